The summed E-state index contributed by atoms with van der Waals surface area (Å²) in [5, 5.41) is 0. The molecular weight excluding hydrogens is 172 g/mol. The van der Waals surface area contributed by atoms with E-state index >= 15 is 0 Å². The van der Waals surface area contributed by atoms with Gasteiger partial charge in [0.25, 0.3) is 0 Å². The lowest BCUT2D eigenvalue weighted by molar-refractivity contribution is -0.0300. The lowest BCUT2D eigenvalue weighted by Crippen LogP contribution is -2.27. The highest BCUT2D eigenvalue weighted by Crippen LogP contribution is 2.27. The molecule has 0 amide bonds. The first-order chi connectivity index (χ1) is 6.58. The van der Waals surface area contributed by atoms with Crippen LogP contribution in [-0.4, -0.2) is 12.7 Å². The average Bonchev–Trinajstić information content (AvgIpc) is 2.06. The molecule has 0 saturated carbocycles. The summed E-state index contributed by atoms with van der Waals surface area (Å²) < 4.78 is 5.90. The molecular formula is C13H26O. The summed E-state index contributed by atoms with van der Waals surface area (Å²) in [5.41, 5.74) is 0. The monoisotopic (exact) mass is 198 g/mol. The van der Waals surface area contributed by atoms with Gasteiger partial charge in [0.05, 0.1) is 6.10 Å². The van der Waals surface area contributed by atoms with Crippen molar-refractivity contribution >= 4 is 0 Å². The van der Waals surface area contributed by atoms with Gasteiger partial charge in [-0.2, -0.15) is 0 Å². The van der Waals surface area contributed by atoms with Gasteiger partial charge in [0, 0.05) is 6.61 Å². The largest absolute Gasteiger partial charge is 0.378 e. The molecule has 2 atom stereocenters. The molecule has 1 heterocycles. The second-order valence-electron chi connectivity index (χ2n) is 5.66. The van der Waals surface area contributed by atoms with Crippen LogP contribution in [0.25, 0.3) is 0 Å². The zero-order valence-electron chi connectivity index (χ0n) is 10.3. The Morgan fingerprint density at radius 3 is 2.07 bits per heavy atom. The highest BCUT2D eigenvalue weighted by atomic mass is 16.5. The minimum atomic E-state index is 0.554. The molecule has 0 bridgehead atoms. The molecule has 1 saturated heterocycles. The van der Waals surface area contributed by atoms with Crippen LogP contribution in [0, 0.1) is 17.8 Å². The standard InChI is InChI=1S/C13H26O/c1-10(2)7-12-5-6-13(14-9-12)8-11(3)4/h10-13H,5-9H2,1-4H3. The quantitative estimate of drug-likeness (QED) is 0.666. The van der Waals surface area contributed by atoms with Gasteiger partial charge >= 0.3 is 0 Å². The van der Waals surface area contributed by atoms with Crippen LogP contribution in [0.3, 0.4) is 0 Å². The average molecular weight is 198 g/mol. The van der Waals surface area contributed by atoms with Gasteiger partial charge in [0.1, 0.15) is 0 Å². The van der Waals surface area contributed by atoms with Crippen molar-refractivity contribution in [1.29, 1.82) is 0 Å². The van der Waals surface area contributed by atoms with Crippen LogP contribution >= 0.6 is 0 Å². The minimum absolute atomic E-state index is 0.554. The maximum absolute atomic E-state index is 5.90. The Morgan fingerprint density at radius 1 is 1.00 bits per heavy atom. The Bertz CT molecular complexity index is 125. The third kappa shape index (κ3) is 4.45. The molecule has 2 unspecified atom stereocenters. The van der Waals surface area contributed by atoms with Crippen molar-refractivity contribution in [3.8, 4) is 0 Å². The highest BCUT2D eigenvalue weighted by molar-refractivity contribution is 4.72. The van der Waals surface area contributed by atoms with E-state index in [0.717, 1.165) is 24.4 Å². The lowest BCUT2D eigenvalue weighted by Gasteiger charge is -2.30. The molecule has 0 spiro atoms. The van der Waals surface area contributed by atoms with Crippen molar-refractivity contribution in [3.05, 3.63) is 0 Å². The van der Waals surface area contributed by atoms with Gasteiger partial charge in [0.2, 0.25) is 0 Å². The van der Waals surface area contributed by atoms with Crippen LogP contribution in [0.15, 0.2) is 0 Å². The molecule has 0 aromatic heterocycles. The van der Waals surface area contributed by atoms with Crippen molar-refractivity contribution < 1.29 is 4.74 Å². The third-order valence-corrected chi connectivity index (χ3v) is 3.00. The fourth-order valence-corrected chi connectivity index (χ4v) is 2.42. The first-order valence-corrected chi connectivity index (χ1v) is 6.19. The van der Waals surface area contributed by atoms with Crippen LogP contribution in [0.4, 0.5) is 0 Å². The van der Waals surface area contributed by atoms with Crippen molar-refractivity contribution in [2.75, 3.05) is 6.61 Å². The second kappa shape index (κ2) is 5.75. The molecule has 1 fully saturated rings. The van der Waals surface area contributed by atoms with Gasteiger partial charge in [-0.15, -0.1) is 0 Å². The summed E-state index contributed by atoms with van der Waals surface area (Å²) in [6, 6.07) is 0. The van der Waals surface area contributed by atoms with Crippen LogP contribution in [0.2, 0.25) is 0 Å². The van der Waals surface area contributed by atoms with E-state index in [0.29, 0.717) is 6.10 Å². The van der Waals surface area contributed by atoms with E-state index in [1.54, 1.807) is 0 Å². The predicted octanol–water partition coefficient (Wildman–Crippen LogP) is 3.87. The van der Waals surface area contributed by atoms with Crippen LogP contribution < -0.4 is 0 Å². The second-order valence-corrected chi connectivity index (χ2v) is 5.66. The summed E-state index contributed by atoms with van der Waals surface area (Å²) in [4.78, 5) is 0. The van der Waals surface area contributed by atoms with Crippen molar-refractivity contribution in [2.45, 2.75) is 59.5 Å². The van der Waals surface area contributed by atoms with E-state index in [4.69, 9.17) is 4.74 Å². The Kier molecular flexibility index (Phi) is 4.94. The number of hydrogen-bond donors (Lipinski definition) is 0. The molecule has 0 N–H and O–H groups in total. The summed E-state index contributed by atoms with van der Waals surface area (Å²) in [6.07, 6.45) is 5.81. The zero-order chi connectivity index (χ0) is 10.6. The first kappa shape index (κ1) is 12.0. The lowest BCUT2D eigenvalue weighted by atomic mass is 9.88. The molecule has 0 aromatic carbocycles. The van der Waals surface area contributed by atoms with Crippen molar-refractivity contribution in [2.24, 2.45) is 17.8 Å². The number of hydrogen-bond acceptors (Lipinski definition) is 1. The topological polar surface area (TPSA) is 9.23 Å². The summed E-state index contributed by atoms with van der Waals surface area (Å²) >= 11 is 0. The molecule has 14 heavy (non-hydrogen) atoms. The Morgan fingerprint density at radius 2 is 1.64 bits per heavy atom. The Balaban J connectivity index is 2.17. The SMILES string of the molecule is CC(C)CC1CCC(CC(C)C)OC1. The van der Waals surface area contributed by atoms with E-state index in [1.807, 2.05) is 0 Å². The zero-order valence-corrected chi connectivity index (χ0v) is 10.3. The molecule has 84 valence electrons. The molecule has 0 radical (unpaired) electrons. The molecule has 0 aromatic rings. The van der Waals surface area contributed by atoms with Crippen molar-refractivity contribution in [3.63, 3.8) is 0 Å². The van der Waals surface area contributed by atoms with Gasteiger partial charge in [-0.3, -0.25) is 0 Å². The minimum Gasteiger partial charge on any atom is -0.378 e. The smallest absolute Gasteiger partial charge is 0.0577 e. The normalized spacial score (nSPS) is 28.7. The molecule has 1 aliphatic heterocycles. The van der Waals surface area contributed by atoms with Gasteiger partial charge in [-0.25, -0.2) is 0 Å². The summed E-state index contributed by atoms with van der Waals surface area (Å²) in [7, 11) is 0. The van der Waals surface area contributed by atoms with E-state index in [-0.39, 0.29) is 0 Å². The number of ether oxygens (including phenoxy) is 1. The first-order valence-electron chi connectivity index (χ1n) is 6.19. The van der Waals surface area contributed by atoms with Gasteiger partial charge < -0.3 is 4.74 Å². The molecule has 0 aliphatic carbocycles. The van der Waals surface area contributed by atoms with E-state index in [1.165, 1.54) is 25.7 Å². The fraction of sp³-hybridized carbons (Fsp3) is 1.00. The van der Waals surface area contributed by atoms with E-state index in [9.17, 15) is 0 Å². The van der Waals surface area contributed by atoms with Gasteiger partial charge in [0.15, 0.2) is 0 Å². The summed E-state index contributed by atoms with van der Waals surface area (Å²) in [6.45, 7) is 10.2. The third-order valence-electron chi connectivity index (χ3n) is 3.00. The van der Waals surface area contributed by atoms with Gasteiger partial charge in [-0.05, 0) is 43.4 Å². The van der Waals surface area contributed by atoms with E-state index < -0.39 is 0 Å². The Labute approximate surface area is 89.2 Å². The maximum Gasteiger partial charge on any atom is 0.0577 e. The highest BCUT2D eigenvalue weighted by Gasteiger charge is 2.22. The van der Waals surface area contributed by atoms with Crippen LogP contribution in [-0.2, 0) is 4.74 Å². The molecule has 1 rings (SSSR count). The molecule has 1 aliphatic rings. The van der Waals surface area contributed by atoms with E-state index in [2.05, 4.69) is 27.7 Å². The van der Waals surface area contributed by atoms with Crippen LogP contribution in [0.1, 0.15) is 53.4 Å². The fourth-order valence-electron chi connectivity index (χ4n) is 2.42. The Hall–Kier alpha value is -0.0400. The molecule has 1 nitrogen and oxygen atoms in total. The van der Waals surface area contributed by atoms with Crippen LogP contribution in [0.5, 0.6) is 0 Å². The maximum atomic E-state index is 5.90. The van der Waals surface area contributed by atoms with Crippen molar-refractivity contribution in [1.82, 2.24) is 0 Å². The number of rotatable bonds is 4. The van der Waals surface area contributed by atoms with Gasteiger partial charge in [-0.1, -0.05) is 27.7 Å². The molecule has 1 heteroatoms. The summed E-state index contributed by atoms with van der Waals surface area (Å²) in [5.74, 6) is 2.44. The predicted molar refractivity (Wildman–Crippen MR) is 61.4 cm³/mol.